The summed E-state index contributed by atoms with van der Waals surface area (Å²) in [5, 5.41) is 9.47. The Balaban J connectivity index is 1.51. The number of hydrogen-bond acceptors (Lipinski definition) is 7. The molecule has 46 heavy (non-hydrogen) atoms. The largest absolute Gasteiger partial charge is 0.362 e. The van der Waals surface area contributed by atoms with Crippen molar-refractivity contribution in [3.05, 3.63) is 89.2 Å². The highest BCUT2D eigenvalue weighted by Crippen LogP contribution is 2.38. The molecule has 7 nitrogen and oxygen atoms in total. The summed E-state index contributed by atoms with van der Waals surface area (Å²) in [5.74, 6) is -0.515. The molecule has 0 bridgehead atoms. The van der Waals surface area contributed by atoms with Gasteiger partial charge in [0.15, 0.2) is 11.6 Å². The maximum atomic E-state index is 14.6. The van der Waals surface area contributed by atoms with E-state index in [-0.39, 0.29) is 59.8 Å². The van der Waals surface area contributed by atoms with Crippen LogP contribution in [-0.2, 0) is 11.2 Å². The lowest BCUT2D eigenvalue weighted by Crippen LogP contribution is -2.70. The summed E-state index contributed by atoms with van der Waals surface area (Å²) in [6.07, 6.45) is 3.91. The van der Waals surface area contributed by atoms with E-state index in [0.717, 1.165) is 18.4 Å². The predicted octanol–water partition coefficient (Wildman–Crippen LogP) is 7.53. The Morgan fingerprint density at radius 1 is 0.978 bits per heavy atom. The zero-order chi connectivity index (χ0) is 33.1. The minimum atomic E-state index is -0.568. The second kappa shape index (κ2) is 14.1. The molecule has 2 aromatic carbocycles. The molecule has 6 unspecified atom stereocenters. The molecule has 6 atom stereocenters. The number of fused-ring (bicyclic) bond motifs is 1. The Bertz CT molecular complexity index is 1610. The topological polar surface area (TPSA) is 89.7 Å². The molecule has 240 valence electrons. The van der Waals surface area contributed by atoms with Gasteiger partial charge in [-0.1, -0.05) is 75.7 Å². The standard InChI is InChI=1S/C39H47N5O2/c1-8-35-26(6)43(27(7)36(9-2)44(35)30-17-15-25(5)16-18-30)38(24(3)4)37(45)21-34-31(19-28-13-11-10-12-14-28)39(46)32-23-41-29(22-40)20-33(32)42-34/h10-18,20,23-24,26-27,31,35-36,38H,8-9,19,21H2,1-7H3. The van der Waals surface area contributed by atoms with Crippen molar-refractivity contribution in [2.45, 2.75) is 104 Å². The van der Waals surface area contributed by atoms with Crippen molar-refractivity contribution in [3.63, 3.8) is 0 Å². The Morgan fingerprint density at radius 2 is 1.61 bits per heavy atom. The third kappa shape index (κ3) is 6.41. The number of ketones is 2. The quantitative estimate of drug-likeness (QED) is 0.234. The normalized spacial score (nSPS) is 23.9. The first-order valence-corrected chi connectivity index (χ1v) is 16.8. The molecule has 0 spiro atoms. The van der Waals surface area contributed by atoms with Gasteiger partial charge in [0.1, 0.15) is 11.8 Å². The van der Waals surface area contributed by atoms with Crippen LogP contribution in [0.5, 0.6) is 0 Å². The zero-order valence-corrected chi connectivity index (χ0v) is 28.3. The Labute approximate surface area is 274 Å². The van der Waals surface area contributed by atoms with Gasteiger partial charge < -0.3 is 4.90 Å². The lowest BCUT2D eigenvalue weighted by atomic mass is 9.80. The van der Waals surface area contributed by atoms with E-state index in [0.29, 0.717) is 23.4 Å². The molecule has 0 saturated carbocycles. The van der Waals surface area contributed by atoms with Gasteiger partial charge >= 0.3 is 0 Å². The molecule has 3 aromatic rings. The fourth-order valence-electron chi connectivity index (χ4n) is 7.91. The van der Waals surface area contributed by atoms with Gasteiger partial charge in [0.25, 0.3) is 0 Å². The van der Waals surface area contributed by atoms with Crippen molar-refractivity contribution in [2.75, 3.05) is 4.90 Å². The lowest BCUT2D eigenvalue weighted by Gasteiger charge is -2.58. The summed E-state index contributed by atoms with van der Waals surface area (Å²) in [6.45, 7) is 15.4. The van der Waals surface area contributed by atoms with Crippen LogP contribution >= 0.6 is 0 Å². The molecule has 5 rings (SSSR count). The second-order valence-electron chi connectivity index (χ2n) is 13.4. The number of carbonyl (C=O) groups is 2. The summed E-state index contributed by atoms with van der Waals surface area (Å²) < 4.78 is 0. The van der Waals surface area contributed by atoms with Gasteiger partial charge in [0.2, 0.25) is 0 Å². The van der Waals surface area contributed by atoms with Crippen LogP contribution in [0.15, 0.2) is 71.9 Å². The van der Waals surface area contributed by atoms with E-state index in [9.17, 15) is 14.9 Å². The third-order valence-electron chi connectivity index (χ3n) is 10.1. The third-order valence-corrected chi connectivity index (χ3v) is 10.1. The fraction of sp³-hybridized carbons (Fsp3) is 0.462. The van der Waals surface area contributed by atoms with Gasteiger partial charge in [-0.05, 0) is 63.6 Å². The van der Waals surface area contributed by atoms with Gasteiger partial charge in [0, 0.05) is 54.3 Å². The van der Waals surface area contributed by atoms with E-state index in [4.69, 9.17) is 4.99 Å². The van der Waals surface area contributed by atoms with Crippen molar-refractivity contribution >= 4 is 28.7 Å². The smallest absolute Gasteiger partial charge is 0.175 e. The Kier molecular flexibility index (Phi) is 10.2. The van der Waals surface area contributed by atoms with Crippen LogP contribution in [-0.4, -0.2) is 57.4 Å². The predicted molar refractivity (Wildman–Crippen MR) is 185 cm³/mol. The number of aromatic nitrogens is 1. The van der Waals surface area contributed by atoms with E-state index in [1.165, 1.54) is 17.4 Å². The first-order chi connectivity index (χ1) is 22.1. The molecule has 3 heterocycles. The van der Waals surface area contributed by atoms with Crippen LogP contribution in [0.1, 0.15) is 88.0 Å². The van der Waals surface area contributed by atoms with Crippen molar-refractivity contribution in [2.24, 2.45) is 16.8 Å². The number of piperazine rings is 1. The summed E-state index contributed by atoms with van der Waals surface area (Å²) in [4.78, 5) is 42.8. The van der Waals surface area contributed by atoms with Crippen LogP contribution in [0.3, 0.4) is 0 Å². The molecular formula is C39H47N5O2. The zero-order valence-electron chi connectivity index (χ0n) is 28.3. The van der Waals surface area contributed by atoms with Crippen molar-refractivity contribution < 1.29 is 9.59 Å². The molecule has 0 aliphatic carbocycles. The van der Waals surface area contributed by atoms with E-state index in [1.807, 2.05) is 30.3 Å². The molecule has 0 amide bonds. The molecule has 1 saturated heterocycles. The summed E-state index contributed by atoms with van der Waals surface area (Å²) in [7, 11) is 0. The fourth-order valence-corrected chi connectivity index (χ4v) is 7.91. The highest BCUT2D eigenvalue weighted by atomic mass is 16.1. The lowest BCUT2D eigenvalue weighted by molar-refractivity contribution is -0.128. The highest BCUT2D eigenvalue weighted by Gasteiger charge is 2.48. The summed E-state index contributed by atoms with van der Waals surface area (Å²) in [5.41, 5.74) is 5.10. The number of hydrogen-bond donors (Lipinski definition) is 0. The molecule has 1 fully saturated rings. The number of nitrogens with zero attached hydrogens (tertiary/aromatic N) is 5. The highest BCUT2D eigenvalue weighted by molar-refractivity contribution is 6.21. The molecule has 0 N–H and O–H groups in total. The number of pyridine rings is 1. The van der Waals surface area contributed by atoms with Gasteiger partial charge in [0.05, 0.1) is 23.2 Å². The SMILES string of the molecule is CCC1C(C)N(C(C(=O)CC2=Nc3cc(C#N)ncc3C(=O)C2Cc2ccccc2)C(C)C)C(C)C(CC)N1c1ccc(C)cc1. The maximum Gasteiger partial charge on any atom is 0.175 e. The molecule has 7 heteroatoms. The minimum absolute atomic E-state index is 0.0625. The van der Waals surface area contributed by atoms with Crippen LogP contribution in [0.4, 0.5) is 11.4 Å². The monoisotopic (exact) mass is 617 g/mol. The molecule has 1 aromatic heterocycles. The van der Waals surface area contributed by atoms with Gasteiger partial charge in [-0.2, -0.15) is 5.26 Å². The molecule has 2 aliphatic rings. The summed E-state index contributed by atoms with van der Waals surface area (Å²) in [6, 6.07) is 22.7. The number of nitriles is 1. The van der Waals surface area contributed by atoms with Gasteiger partial charge in [-0.15, -0.1) is 0 Å². The molecule has 2 aliphatic heterocycles. The van der Waals surface area contributed by atoms with E-state index >= 15 is 0 Å². The molecule has 0 radical (unpaired) electrons. The number of aryl methyl sites for hydroxylation is 1. The van der Waals surface area contributed by atoms with Crippen LogP contribution in [0.25, 0.3) is 0 Å². The van der Waals surface area contributed by atoms with E-state index < -0.39 is 5.92 Å². The van der Waals surface area contributed by atoms with Gasteiger partial charge in [-0.25, -0.2) is 4.98 Å². The van der Waals surface area contributed by atoms with E-state index in [1.54, 1.807) is 6.07 Å². The Hall–Kier alpha value is -4.15. The first-order valence-electron chi connectivity index (χ1n) is 16.8. The first kappa shape index (κ1) is 33.2. The number of rotatable bonds is 10. The number of Topliss-reactive ketones (excluding diaryl/α,β-unsaturated/α-hetero) is 2. The van der Waals surface area contributed by atoms with Crippen molar-refractivity contribution in [1.82, 2.24) is 9.88 Å². The average molecular weight is 618 g/mol. The maximum absolute atomic E-state index is 14.6. The van der Waals surface area contributed by atoms with Crippen molar-refractivity contribution in [3.8, 4) is 6.07 Å². The number of aliphatic imine (C=N–C) groups is 1. The number of carbonyl (C=O) groups excluding carboxylic acids is 2. The average Bonchev–Trinajstić information content (AvgIpc) is 3.05. The van der Waals surface area contributed by atoms with Crippen LogP contribution in [0, 0.1) is 30.1 Å². The number of anilines is 1. The minimum Gasteiger partial charge on any atom is -0.362 e. The van der Waals surface area contributed by atoms with Crippen LogP contribution in [0.2, 0.25) is 0 Å². The van der Waals surface area contributed by atoms with E-state index in [2.05, 4.69) is 93.6 Å². The number of benzene rings is 2. The second-order valence-corrected chi connectivity index (χ2v) is 13.4. The van der Waals surface area contributed by atoms with Crippen LogP contribution < -0.4 is 4.90 Å². The Morgan fingerprint density at radius 3 is 2.17 bits per heavy atom. The van der Waals surface area contributed by atoms with Crippen molar-refractivity contribution in [1.29, 1.82) is 5.26 Å². The van der Waals surface area contributed by atoms with Gasteiger partial charge in [-0.3, -0.25) is 19.5 Å². The molecular weight excluding hydrogens is 570 g/mol. The summed E-state index contributed by atoms with van der Waals surface area (Å²) >= 11 is 0.